The Balaban J connectivity index is 1.50. The Morgan fingerprint density at radius 3 is 2.35 bits per heavy atom. The topological polar surface area (TPSA) is 88.6 Å². The second kappa shape index (κ2) is 10.4. The molecule has 2 aliphatic rings. The van der Waals surface area contributed by atoms with E-state index in [-0.39, 0.29) is 30.2 Å². The van der Waals surface area contributed by atoms with Crippen LogP contribution in [-0.2, 0) is 20.7 Å². The maximum atomic E-state index is 12.9. The largest absolute Gasteiger partial charge is 0.493 e. The van der Waals surface area contributed by atoms with Gasteiger partial charge < -0.3 is 28.9 Å². The van der Waals surface area contributed by atoms with Gasteiger partial charge in [-0.1, -0.05) is 6.07 Å². The van der Waals surface area contributed by atoms with Crippen molar-refractivity contribution in [3.63, 3.8) is 0 Å². The van der Waals surface area contributed by atoms with Gasteiger partial charge in [-0.2, -0.15) is 0 Å². The number of hydrogen-bond acceptors (Lipinski definition) is 6. The molecule has 3 rings (SSSR count). The molecule has 2 aliphatic heterocycles. The van der Waals surface area contributed by atoms with E-state index >= 15 is 0 Å². The van der Waals surface area contributed by atoms with Crippen LogP contribution < -0.4 is 9.47 Å². The number of hydrogen-bond donors (Lipinski definition) is 0. The summed E-state index contributed by atoms with van der Waals surface area (Å²) in [6.45, 7) is 4.93. The van der Waals surface area contributed by atoms with Crippen LogP contribution in [0.4, 0.5) is 4.79 Å². The quantitative estimate of drug-likeness (QED) is 0.646. The highest BCUT2D eigenvalue weighted by Gasteiger charge is 2.37. The Kier molecular flexibility index (Phi) is 7.59. The summed E-state index contributed by atoms with van der Waals surface area (Å²) in [4.78, 5) is 42.3. The summed E-state index contributed by atoms with van der Waals surface area (Å²) in [6.07, 6.45) is 0.570. The smallest absolute Gasteiger partial charge is 0.409 e. The Morgan fingerprint density at radius 2 is 1.71 bits per heavy atom. The summed E-state index contributed by atoms with van der Waals surface area (Å²) in [5, 5.41) is 0. The molecule has 0 radical (unpaired) electrons. The van der Waals surface area contributed by atoms with Crippen molar-refractivity contribution in [1.82, 2.24) is 14.7 Å². The van der Waals surface area contributed by atoms with Crippen LogP contribution in [0.2, 0.25) is 0 Å². The number of carbonyl (C=O) groups excluding carboxylic acids is 3. The lowest BCUT2D eigenvalue weighted by molar-refractivity contribution is -0.137. The van der Waals surface area contributed by atoms with E-state index in [4.69, 9.17) is 14.2 Å². The van der Waals surface area contributed by atoms with Crippen molar-refractivity contribution < 1.29 is 28.6 Å². The minimum absolute atomic E-state index is 0.00369. The monoisotopic (exact) mass is 433 g/mol. The molecule has 170 valence electrons. The Morgan fingerprint density at radius 1 is 1.03 bits per heavy atom. The highest BCUT2D eigenvalue weighted by Crippen LogP contribution is 2.28. The van der Waals surface area contributed by atoms with Crippen LogP contribution >= 0.6 is 0 Å². The molecule has 1 aromatic carbocycles. The second-order valence-electron chi connectivity index (χ2n) is 7.69. The van der Waals surface area contributed by atoms with Crippen LogP contribution in [0.1, 0.15) is 18.9 Å². The Labute approximate surface area is 182 Å². The van der Waals surface area contributed by atoms with Gasteiger partial charge in [0.25, 0.3) is 0 Å². The number of nitrogens with zero attached hydrogens (tertiary/aromatic N) is 3. The van der Waals surface area contributed by atoms with Gasteiger partial charge in [0.2, 0.25) is 11.8 Å². The number of likely N-dealkylation sites (tertiary alicyclic amines) is 1. The molecule has 9 nitrogen and oxygen atoms in total. The lowest BCUT2D eigenvalue weighted by Gasteiger charge is -2.35. The van der Waals surface area contributed by atoms with Crippen LogP contribution in [0, 0.1) is 5.92 Å². The van der Waals surface area contributed by atoms with Crippen molar-refractivity contribution >= 4 is 17.9 Å². The van der Waals surface area contributed by atoms with Gasteiger partial charge in [0.05, 0.1) is 26.7 Å². The van der Waals surface area contributed by atoms with Crippen LogP contribution in [0.5, 0.6) is 11.5 Å². The number of benzene rings is 1. The van der Waals surface area contributed by atoms with Crippen molar-refractivity contribution in [1.29, 1.82) is 0 Å². The van der Waals surface area contributed by atoms with E-state index in [9.17, 15) is 14.4 Å². The summed E-state index contributed by atoms with van der Waals surface area (Å²) in [5.74, 6) is 0.987. The summed E-state index contributed by atoms with van der Waals surface area (Å²) in [6, 6.07) is 5.71. The standard InChI is InChI=1S/C22H31N3O6/c1-4-31-22(28)24-11-9-23(10-12-24)21(27)17-14-20(26)25(15-17)8-7-16-5-6-18(29-2)19(13-16)30-3/h5-6,13,17H,4,7-12,14-15H2,1-3H3. The van der Waals surface area contributed by atoms with Crippen LogP contribution in [0.3, 0.4) is 0 Å². The zero-order valence-corrected chi connectivity index (χ0v) is 18.5. The number of piperazine rings is 1. The van der Waals surface area contributed by atoms with E-state index in [1.54, 1.807) is 35.8 Å². The first-order chi connectivity index (χ1) is 15.0. The molecular formula is C22H31N3O6. The molecule has 1 atom stereocenters. The van der Waals surface area contributed by atoms with E-state index in [0.717, 1.165) is 5.56 Å². The van der Waals surface area contributed by atoms with E-state index in [2.05, 4.69) is 0 Å². The summed E-state index contributed by atoms with van der Waals surface area (Å²) >= 11 is 0. The van der Waals surface area contributed by atoms with E-state index < -0.39 is 0 Å². The predicted octanol–water partition coefficient (Wildman–Crippen LogP) is 1.40. The molecule has 0 aliphatic carbocycles. The zero-order chi connectivity index (χ0) is 22.4. The molecule has 0 bridgehead atoms. The van der Waals surface area contributed by atoms with Crippen molar-refractivity contribution in [3.05, 3.63) is 23.8 Å². The van der Waals surface area contributed by atoms with Gasteiger partial charge in [-0.25, -0.2) is 4.79 Å². The average Bonchev–Trinajstić information content (AvgIpc) is 3.17. The van der Waals surface area contributed by atoms with Crippen molar-refractivity contribution in [2.24, 2.45) is 5.92 Å². The van der Waals surface area contributed by atoms with Crippen molar-refractivity contribution in [2.75, 3.05) is 60.1 Å². The molecule has 1 unspecified atom stereocenters. The molecule has 2 heterocycles. The molecule has 0 aromatic heterocycles. The van der Waals surface area contributed by atoms with Gasteiger partial charge in [0, 0.05) is 45.7 Å². The molecule has 0 saturated carbocycles. The Hall–Kier alpha value is -2.97. The van der Waals surface area contributed by atoms with E-state index in [1.165, 1.54) is 0 Å². The third kappa shape index (κ3) is 5.39. The first-order valence-corrected chi connectivity index (χ1v) is 10.7. The molecule has 2 fully saturated rings. The van der Waals surface area contributed by atoms with Crippen molar-refractivity contribution in [3.8, 4) is 11.5 Å². The second-order valence-corrected chi connectivity index (χ2v) is 7.69. The Bertz CT molecular complexity index is 806. The van der Waals surface area contributed by atoms with E-state index in [0.29, 0.717) is 63.8 Å². The van der Waals surface area contributed by atoms with Gasteiger partial charge in [-0.3, -0.25) is 9.59 Å². The molecule has 9 heteroatoms. The third-order valence-corrected chi connectivity index (χ3v) is 5.80. The lowest BCUT2D eigenvalue weighted by Crippen LogP contribution is -2.52. The SMILES string of the molecule is CCOC(=O)N1CCN(C(=O)C2CC(=O)N(CCc3ccc(OC)c(OC)c3)C2)CC1. The predicted molar refractivity (Wildman–Crippen MR) is 113 cm³/mol. The molecule has 31 heavy (non-hydrogen) atoms. The lowest BCUT2D eigenvalue weighted by atomic mass is 10.1. The first kappa shape index (κ1) is 22.7. The highest BCUT2D eigenvalue weighted by atomic mass is 16.6. The molecule has 2 saturated heterocycles. The van der Waals surface area contributed by atoms with Crippen molar-refractivity contribution in [2.45, 2.75) is 19.8 Å². The normalized spacial score (nSPS) is 18.9. The van der Waals surface area contributed by atoms with Gasteiger partial charge >= 0.3 is 6.09 Å². The first-order valence-electron chi connectivity index (χ1n) is 10.7. The van der Waals surface area contributed by atoms with Crippen LogP contribution in [0.25, 0.3) is 0 Å². The maximum Gasteiger partial charge on any atom is 0.409 e. The molecule has 0 N–H and O–H groups in total. The minimum atomic E-state index is -0.341. The highest BCUT2D eigenvalue weighted by molar-refractivity contribution is 5.89. The van der Waals surface area contributed by atoms with E-state index in [1.807, 2.05) is 18.2 Å². The fourth-order valence-electron chi connectivity index (χ4n) is 4.04. The zero-order valence-electron chi connectivity index (χ0n) is 18.5. The van der Waals surface area contributed by atoms with Gasteiger partial charge in [-0.15, -0.1) is 0 Å². The minimum Gasteiger partial charge on any atom is -0.493 e. The van der Waals surface area contributed by atoms with Gasteiger partial charge in [-0.05, 0) is 31.0 Å². The summed E-state index contributed by atoms with van der Waals surface area (Å²) in [7, 11) is 3.18. The molecule has 0 spiro atoms. The number of methoxy groups -OCH3 is 2. The maximum absolute atomic E-state index is 12.9. The molecule has 1 aromatic rings. The summed E-state index contributed by atoms with van der Waals surface area (Å²) in [5.41, 5.74) is 1.04. The number of amides is 3. The third-order valence-electron chi connectivity index (χ3n) is 5.80. The number of ether oxygens (including phenoxy) is 3. The van der Waals surface area contributed by atoms with Gasteiger partial charge in [0.1, 0.15) is 0 Å². The number of carbonyl (C=O) groups is 3. The number of rotatable bonds is 7. The average molecular weight is 434 g/mol. The molecule has 3 amide bonds. The fraction of sp³-hybridized carbons (Fsp3) is 0.591. The van der Waals surface area contributed by atoms with Crippen LogP contribution in [0.15, 0.2) is 18.2 Å². The van der Waals surface area contributed by atoms with Gasteiger partial charge in [0.15, 0.2) is 11.5 Å². The fourth-order valence-corrected chi connectivity index (χ4v) is 4.04. The summed E-state index contributed by atoms with van der Waals surface area (Å²) < 4.78 is 15.6. The van der Waals surface area contributed by atoms with Crippen LogP contribution in [-0.4, -0.2) is 92.7 Å². The molecular weight excluding hydrogens is 402 g/mol.